The van der Waals surface area contributed by atoms with Gasteiger partial charge in [-0.25, -0.2) is 4.39 Å². The number of pyridine rings is 2. The number of anilines is 3. The smallest absolute Gasteiger partial charge is 0.256 e. The van der Waals surface area contributed by atoms with Crippen molar-refractivity contribution in [2.75, 3.05) is 35.2 Å². The minimum Gasteiger partial charge on any atom is -0.381 e. The van der Waals surface area contributed by atoms with Gasteiger partial charge in [-0.3, -0.25) is 14.8 Å². The number of benzene rings is 1. The van der Waals surface area contributed by atoms with Crippen molar-refractivity contribution in [2.24, 2.45) is 0 Å². The third-order valence-electron chi connectivity index (χ3n) is 7.98. The summed E-state index contributed by atoms with van der Waals surface area (Å²) < 4.78 is 14.3. The van der Waals surface area contributed by atoms with Gasteiger partial charge >= 0.3 is 0 Å². The number of alkyl halides is 1. The molecule has 0 saturated carbocycles. The van der Waals surface area contributed by atoms with Crippen molar-refractivity contribution in [3.63, 3.8) is 0 Å². The average Bonchev–Trinajstić information content (AvgIpc) is 3.01. The molecule has 1 aromatic carbocycles. The van der Waals surface area contributed by atoms with Crippen LogP contribution < -0.4 is 15.5 Å². The molecule has 2 aliphatic heterocycles. The number of rotatable bonds is 6. The van der Waals surface area contributed by atoms with Crippen LogP contribution >= 0.6 is 0 Å². The monoisotopic (exact) mass is 535 g/mol. The number of hydrogen-bond acceptors (Lipinski definition) is 5. The second-order valence-electron chi connectivity index (χ2n) is 10.6. The van der Waals surface area contributed by atoms with Crippen molar-refractivity contribution in [1.82, 2.24) is 9.97 Å². The summed E-state index contributed by atoms with van der Waals surface area (Å²) in [6.45, 7) is 4.81. The van der Waals surface area contributed by atoms with Crippen molar-refractivity contribution in [1.29, 1.82) is 0 Å². The maximum atomic E-state index is 14.3. The van der Waals surface area contributed by atoms with E-state index < -0.39 is 6.17 Å². The number of piperidine rings is 1. The lowest BCUT2D eigenvalue weighted by Crippen LogP contribution is -2.29. The first-order chi connectivity index (χ1) is 19.6. The Morgan fingerprint density at radius 3 is 2.73 bits per heavy atom. The molecular formula is C33H34FN5O. The fraction of sp³-hybridized carbons (Fsp3) is 0.303. The maximum absolute atomic E-state index is 14.3. The molecule has 1 unspecified atom stereocenters. The van der Waals surface area contributed by atoms with Crippen LogP contribution in [0, 0.1) is 0 Å². The molecule has 1 atom stereocenters. The van der Waals surface area contributed by atoms with E-state index in [0.717, 1.165) is 53.1 Å². The van der Waals surface area contributed by atoms with Crippen molar-refractivity contribution in [3.8, 4) is 11.1 Å². The fourth-order valence-corrected chi connectivity index (χ4v) is 5.74. The van der Waals surface area contributed by atoms with Gasteiger partial charge < -0.3 is 15.5 Å². The van der Waals surface area contributed by atoms with Gasteiger partial charge in [-0.15, -0.1) is 0 Å². The molecule has 0 bridgehead atoms. The molecule has 2 aromatic heterocycles. The molecule has 3 aliphatic rings. The first kappa shape index (κ1) is 26.0. The number of hydrogen-bond donors (Lipinski definition) is 2. The van der Waals surface area contributed by atoms with Crippen LogP contribution in [0.2, 0.25) is 0 Å². The number of carbonyl (C=O) groups is 1. The minimum absolute atomic E-state index is 0.172. The summed E-state index contributed by atoms with van der Waals surface area (Å²) >= 11 is 0. The van der Waals surface area contributed by atoms with Crippen molar-refractivity contribution in [2.45, 2.75) is 45.2 Å². The van der Waals surface area contributed by atoms with E-state index in [4.69, 9.17) is 0 Å². The molecule has 1 amide bonds. The second kappa shape index (κ2) is 11.5. The van der Waals surface area contributed by atoms with Crippen molar-refractivity contribution in [3.05, 3.63) is 90.0 Å². The normalized spacial score (nSPS) is 18.6. The summed E-state index contributed by atoms with van der Waals surface area (Å²) in [5.41, 5.74) is 8.48. The van der Waals surface area contributed by atoms with Crippen LogP contribution in [-0.2, 0) is 4.79 Å². The van der Waals surface area contributed by atoms with Gasteiger partial charge in [0.2, 0.25) is 0 Å². The first-order valence-corrected chi connectivity index (χ1v) is 14.2. The number of amides is 1. The average molecular weight is 536 g/mol. The number of halogens is 1. The van der Waals surface area contributed by atoms with E-state index in [9.17, 15) is 9.18 Å². The van der Waals surface area contributed by atoms with E-state index in [-0.39, 0.29) is 5.91 Å². The number of aromatic nitrogens is 2. The zero-order chi connectivity index (χ0) is 27.5. The topological polar surface area (TPSA) is 70.2 Å². The Bertz CT molecular complexity index is 1500. The predicted octanol–water partition coefficient (Wildman–Crippen LogP) is 7.04. The number of carbonyl (C=O) groups excluding carboxylic acids is 1. The number of allylic oxidation sites excluding steroid dienone is 4. The largest absolute Gasteiger partial charge is 0.381 e. The fourth-order valence-electron chi connectivity index (χ4n) is 5.74. The first-order valence-electron chi connectivity index (χ1n) is 14.2. The van der Waals surface area contributed by atoms with Gasteiger partial charge in [0.05, 0.1) is 29.5 Å². The Labute approximate surface area is 234 Å². The molecule has 6 rings (SSSR count). The molecule has 1 saturated heterocycles. The molecule has 2 N–H and O–H groups in total. The van der Waals surface area contributed by atoms with Gasteiger partial charge in [0, 0.05) is 60.2 Å². The molecule has 1 aliphatic carbocycles. The van der Waals surface area contributed by atoms with E-state index in [2.05, 4.69) is 50.6 Å². The molecular weight excluding hydrogens is 501 g/mol. The van der Waals surface area contributed by atoms with Gasteiger partial charge in [0.25, 0.3) is 5.91 Å². The highest BCUT2D eigenvalue weighted by Gasteiger charge is 2.25. The lowest BCUT2D eigenvalue weighted by molar-refractivity contribution is -0.111. The van der Waals surface area contributed by atoms with Crippen LogP contribution in [0.4, 0.5) is 21.5 Å². The van der Waals surface area contributed by atoms with E-state index in [0.29, 0.717) is 35.5 Å². The Kier molecular flexibility index (Phi) is 7.45. The van der Waals surface area contributed by atoms with Gasteiger partial charge in [-0.2, -0.15) is 0 Å². The molecule has 3 aromatic rings. The molecule has 204 valence electrons. The second-order valence-corrected chi connectivity index (χ2v) is 10.6. The van der Waals surface area contributed by atoms with Crippen LogP contribution in [0.15, 0.2) is 78.8 Å². The summed E-state index contributed by atoms with van der Waals surface area (Å²) in [7, 11) is 0. The van der Waals surface area contributed by atoms with Crippen LogP contribution in [0.3, 0.4) is 0 Å². The minimum atomic E-state index is -1.06. The third-order valence-corrected chi connectivity index (χ3v) is 7.98. The molecule has 0 radical (unpaired) electrons. The van der Waals surface area contributed by atoms with E-state index >= 15 is 0 Å². The molecule has 40 heavy (non-hydrogen) atoms. The lowest BCUT2D eigenvalue weighted by atomic mass is 9.90. The van der Waals surface area contributed by atoms with Gasteiger partial charge in [-0.1, -0.05) is 31.2 Å². The third kappa shape index (κ3) is 5.28. The van der Waals surface area contributed by atoms with Gasteiger partial charge in [0.1, 0.15) is 6.17 Å². The Morgan fingerprint density at radius 2 is 1.95 bits per heavy atom. The van der Waals surface area contributed by atoms with E-state index in [1.54, 1.807) is 24.4 Å². The Hall–Kier alpha value is -4.26. The zero-order valence-corrected chi connectivity index (χ0v) is 22.8. The lowest BCUT2D eigenvalue weighted by Gasteiger charge is -2.29. The molecule has 4 heterocycles. The predicted molar refractivity (Wildman–Crippen MR) is 161 cm³/mol. The Balaban J connectivity index is 1.27. The highest BCUT2D eigenvalue weighted by atomic mass is 19.1. The molecule has 0 spiro atoms. The highest BCUT2D eigenvalue weighted by Crippen LogP contribution is 2.37. The summed E-state index contributed by atoms with van der Waals surface area (Å²) in [6.07, 6.45) is 14.6. The van der Waals surface area contributed by atoms with Gasteiger partial charge in [-0.05, 0) is 67.2 Å². The summed E-state index contributed by atoms with van der Waals surface area (Å²) in [6, 6.07) is 12.0. The van der Waals surface area contributed by atoms with Gasteiger partial charge in [0.15, 0.2) is 0 Å². The van der Waals surface area contributed by atoms with E-state index in [1.807, 2.05) is 30.6 Å². The van der Waals surface area contributed by atoms with E-state index in [1.165, 1.54) is 19.3 Å². The summed E-state index contributed by atoms with van der Waals surface area (Å²) in [5, 5.41) is 6.52. The van der Waals surface area contributed by atoms with Crippen LogP contribution in [0.1, 0.15) is 50.3 Å². The Morgan fingerprint density at radius 1 is 1.07 bits per heavy atom. The standard InChI is InChI=1S/C33H34FN5O/c1-2-22-19-36-31-12-10-23(24-16-26(21-35-18-24)39-14-6-3-7-15-39)17-28(31)32(22)33(40)38-25-11-13-30(37-20-25)27-8-4-5-9-29(27)34/h4-5,8,10-13,16-18,20-21,29,36H,2-3,6-7,9,14-15,19H2,1H3,(H,38,40). The maximum Gasteiger partial charge on any atom is 0.256 e. The SMILES string of the molecule is CCC1=C(C(=O)Nc2ccc(C3=CC=CCC3F)nc2)c2cc(-c3cncc(N4CCCCC4)c3)ccc2NC1. The molecule has 6 nitrogen and oxygen atoms in total. The van der Waals surface area contributed by atoms with Crippen LogP contribution in [0.25, 0.3) is 22.3 Å². The highest BCUT2D eigenvalue weighted by molar-refractivity contribution is 6.28. The zero-order valence-electron chi connectivity index (χ0n) is 22.8. The van der Waals surface area contributed by atoms with Crippen LogP contribution in [0.5, 0.6) is 0 Å². The molecule has 7 heteroatoms. The number of nitrogens with zero attached hydrogens (tertiary/aromatic N) is 3. The quantitative estimate of drug-likeness (QED) is 0.354. The number of nitrogens with one attached hydrogen (secondary N) is 2. The number of fused-ring (bicyclic) bond motifs is 1. The van der Waals surface area contributed by atoms with Crippen molar-refractivity contribution < 1.29 is 9.18 Å². The van der Waals surface area contributed by atoms with Crippen LogP contribution in [-0.4, -0.2) is 41.7 Å². The van der Waals surface area contributed by atoms with Crippen molar-refractivity contribution >= 4 is 34.1 Å². The summed E-state index contributed by atoms with van der Waals surface area (Å²) in [5.74, 6) is -0.172. The summed E-state index contributed by atoms with van der Waals surface area (Å²) in [4.78, 5) is 25.1. The molecule has 1 fully saturated rings.